The van der Waals surface area contributed by atoms with Crippen LogP contribution in [0.3, 0.4) is 0 Å². The van der Waals surface area contributed by atoms with E-state index in [4.69, 9.17) is 9.52 Å². The summed E-state index contributed by atoms with van der Waals surface area (Å²) in [5.74, 6) is -0.946. The Morgan fingerprint density at radius 2 is 2.29 bits per heavy atom. The molecular weight excluding hydrogens is 186 g/mol. The number of hydrogen-bond acceptors (Lipinski definition) is 3. The number of hydrogen-bond donors (Lipinski definition) is 2. The fourth-order valence-corrected chi connectivity index (χ4v) is 0.936. The van der Waals surface area contributed by atoms with Crippen molar-refractivity contribution in [2.24, 2.45) is 0 Å². The average Bonchev–Trinajstić information content (AvgIpc) is 2.64. The van der Waals surface area contributed by atoms with Crippen molar-refractivity contribution in [3.63, 3.8) is 0 Å². The number of carboxylic acids is 1. The number of nitrogens with one attached hydrogen (secondary N) is 1. The summed E-state index contributed by atoms with van der Waals surface area (Å²) in [4.78, 5) is 21.3. The van der Waals surface area contributed by atoms with Gasteiger partial charge in [0.1, 0.15) is 0 Å². The predicted octanol–water partition coefficient (Wildman–Crippen LogP) is 0.874. The van der Waals surface area contributed by atoms with E-state index >= 15 is 0 Å². The lowest BCUT2D eigenvalue weighted by Crippen LogP contribution is -2.24. The standard InChI is InChI=1S/C9H11NO4/c11-8(12)4-1-5-10-9(13)7-3-2-6-14-7/h2-3,6H,1,4-5H2,(H,10,13)(H,11,12). The molecule has 5 heteroatoms. The van der Waals surface area contributed by atoms with Gasteiger partial charge in [-0.3, -0.25) is 9.59 Å². The molecule has 0 aliphatic rings. The van der Waals surface area contributed by atoms with Crippen molar-refractivity contribution in [2.75, 3.05) is 6.54 Å². The highest BCUT2D eigenvalue weighted by Gasteiger charge is 2.06. The third-order valence-electron chi connectivity index (χ3n) is 1.60. The molecule has 1 aromatic rings. The molecule has 0 unspecified atom stereocenters. The maximum atomic E-state index is 11.2. The molecule has 0 atom stereocenters. The molecular formula is C9H11NO4. The molecule has 76 valence electrons. The van der Waals surface area contributed by atoms with E-state index in [1.165, 1.54) is 6.26 Å². The first-order valence-corrected chi connectivity index (χ1v) is 4.23. The van der Waals surface area contributed by atoms with Crippen molar-refractivity contribution in [3.8, 4) is 0 Å². The van der Waals surface area contributed by atoms with Crippen LogP contribution < -0.4 is 5.32 Å². The van der Waals surface area contributed by atoms with E-state index in [2.05, 4.69) is 5.32 Å². The zero-order valence-corrected chi connectivity index (χ0v) is 7.53. The Hall–Kier alpha value is -1.78. The van der Waals surface area contributed by atoms with Gasteiger partial charge in [0.25, 0.3) is 5.91 Å². The summed E-state index contributed by atoms with van der Waals surface area (Å²) < 4.78 is 4.85. The van der Waals surface area contributed by atoms with Gasteiger partial charge in [-0.15, -0.1) is 0 Å². The van der Waals surface area contributed by atoms with E-state index in [-0.39, 0.29) is 18.1 Å². The van der Waals surface area contributed by atoms with E-state index in [0.29, 0.717) is 13.0 Å². The summed E-state index contributed by atoms with van der Waals surface area (Å²) in [5, 5.41) is 10.9. The molecule has 2 N–H and O–H groups in total. The molecule has 0 aromatic carbocycles. The Morgan fingerprint density at radius 3 is 2.86 bits per heavy atom. The first kappa shape index (κ1) is 10.3. The van der Waals surface area contributed by atoms with Gasteiger partial charge in [-0.25, -0.2) is 0 Å². The van der Waals surface area contributed by atoms with E-state index in [9.17, 15) is 9.59 Å². The maximum Gasteiger partial charge on any atom is 0.303 e. The molecule has 5 nitrogen and oxygen atoms in total. The normalized spacial score (nSPS) is 9.71. The predicted molar refractivity (Wildman–Crippen MR) is 47.9 cm³/mol. The van der Waals surface area contributed by atoms with Crippen LogP contribution in [0.1, 0.15) is 23.4 Å². The van der Waals surface area contributed by atoms with Gasteiger partial charge in [-0.05, 0) is 18.6 Å². The second kappa shape index (κ2) is 5.06. The lowest BCUT2D eigenvalue weighted by Gasteiger charge is -2.00. The lowest BCUT2D eigenvalue weighted by molar-refractivity contribution is -0.137. The Balaban J connectivity index is 2.19. The molecule has 1 rings (SSSR count). The number of carbonyl (C=O) groups is 2. The number of amides is 1. The molecule has 1 heterocycles. The zero-order chi connectivity index (χ0) is 10.4. The van der Waals surface area contributed by atoms with Crippen LogP contribution in [0.2, 0.25) is 0 Å². The Morgan fingerprint density at radius 1 is 1.50 bits per heavy atom. The van der Waals surface area contributed by atoms with E-state index in [1.54, 1.807) is 12.1 Å². The minimum atomic E-state index is -0.864. The van der Waals surface area contributed by atoms with Crippen LogP contribution in [0.25, 0.3) is 0 Å². The minimum absolute atomic E-state index is 0.0540. The monoisotopic (exact) mass is 197 g/mol. The third kappa shape index (κ3) is 3.30. The zero-order valence-electron chi connectivity index (χ0n) is 7.53. The van der Waals surface area contributed by atoms with Crippen LogP contribution in [0.4, 0.5) is 0 Å². The van der Waals surface area contributed by atoms with Gasteiger partial charge in [0.05, 0.1) is 6.26 Å². The van der Waals surface area contributed by atoms with Crippen molar-refractivity contribution >= 4 is 11.9 Å². The van der Waals surface area contributed by atoms with Crippen LogP contribution >= 0.6 is 0 Å². The lowest BCUT2D eigenvalue weighted by atomic mass is 10.3. The summed E-state index contributed by atoms with van der Waals surface area (Å²) >= 11 is 0. The summed E-state index contributed by atoms with van der Waals surface area (Å²) in [5.41, 5.74) is 0. The van der Waals surface area contributed by atoms with Gasteiger partial charge in [0.2, 0.25) is 0 Å². The quantitative estimate of drug-likeness (QED) is 0.686. The number of aliphatic carboxylic acids is 1. The highest BCUT2D eigenvalue weighted by atomic mass is 16.4. The van der Waals surface area contributed by atoms with Crippen LogP contribution in [0.15, 0.2) is 22.8 Å². The van der Waals surface area contributed by atoms with Gasteiger partial charge in [0.15, 0.2) is 5.76 Å². The highest BCUT2D eigenvalue weighted by Crippen LogP contribution is 1.99. The van der Waals surface area contributed by atoms with E-state index in [1.807, 2.05) is 0 Å². The van der Waals surface area contributed by atoms with Crippen molar-refractivity contribution in [1.82, 2.24) is 5.32 Å². The van der Waals surface area contributed by atoms with Crippen LogP contribution in [0.5, 0.6) is 0 Å². The molecule has 1 amide bonds. The Bertz CT molecular complexity index is 305. The van der Waals surface area contributed by atoms with Crippen LogP contribution in [-0.2, 0) is 4.79 Å². The number of furan rings is 1. The summed E-state index contributed by atoms with van der Waals surface area (Å²) in [7, 11) is 0. The minimum Gasteiger partial charge on any atom is -0.481 e. The average molecular weight is 197 g/mol. The molecule has 0 radical (unpaired) electrons. The van der Waals surface area contributed by atoms with E-state index < -0.39 is 5.97 Å². The highest BCUT2D eigenvalue weighted by molar-refractivity contribution is 5.91. The molecule has 0 saturated carbocycles. The smallest absolute Gasteiger partial charge is 0.303 e. The SMILES string of the molecule is O=C(O)CCCNC(=O)c1ccco1. The fourth-order valence-electron chi connectivity index (χ4n) is 0.936. The molecule has 1 aromatic heterocycles. The second-order valence-corrected chi connectivity index (χ2v) is 2.73. The van der Waals surface area contributed by atoms with Gasteiger partial charge < -0.3 is 14.8 Å². The molecule has 0 aliphatic heterocycles. The molecule has 0 fully saturated rings. The largest absolute Gasteiger partial charge is 0.481 e. The van der Waals surface area contributed by atoms with Crippen molar-refractivity contribution in [2.45, 2.75) is 12.8 Å². The second-order valence-electron chi connectivity index (χ2n) is 2.73. The molecule has 0 saturated heterocycles. The number of carbonyl (C=O) groups excluding carboxylic acids is 1. The molecule has 14 heavy (non-hydrogen) atoms. The molecule has 0 spiro atoms. The Kier molecular flexibility index (Phi) is 3.72. The van der Waals surface area contributed by atoms with Gasteiger partial charge in [0, 0.05) is 13.0 Å². The maximum absolute atomic E-state index is 11.2. The number of carboxylic acid groups (broad SMARTS) is 1. The van der Waals surface area contributed by atoms with Crippen LogP contribution in [0, 0.1) is 0 Å². The van der Waals surface area contributed by atoms with E-state index in [0.717, 1.165) is 0 Å². The summed E-state index contributed by atoms with van der Waals surface area (Å²) in [6, 6.07) is 3.17. The fraction of sp³-hybridized carbons (Fsp3) is 0.333. The Labute approximate surface area is 80.7 Å². The first-order chi connectivity index (χ1) is 6.70. The van der Waals surface area contributed by atoms with Gasteiger partial charge >= 0.3 is 5.97 Å². The molecule has 0 aliphatic carbocycles. The van der Waals surface area contributed by atoms with Crippen molar-refractivity contribution in [1.29, 1.82) is 0 Å². The molecule has 0 bridgehead atoms. The third-order valence-corrected chi connectivity index (χ3v) is 1.60. The van der Waals surface area contributed by atoms with Gasteiger partial charge in [-0.1, -0.05) is 0 Å². The van der Waals surface area contributed by atoms with Crippen molar-refractivity contribution in [3.05, 3.63) is 24.2 Å². The number of rotatable bonds is 5. The first-order valence-electron chi connectivity index (χ1n) is 4.23. The van der Waals surface area contributed by atoms with Crippen LogP contribution in [-0.4, -0.2) is 23.5 Å². The topological polar surface area (TPSA) is 79.5 Å². The summed E-state index contributed by atoms with van der Waals surface area (Å²) in [6.45, 7) is 0.339. The van der Waals surface area contributed by atoms with Crippen molar-refractivity contribution < 1.29 is 19.1 Å². The summed E-state index contributed by atoms with van der Waals surface area (Å²) in [6.07, 6.45) is 1.88. The van der Waals surface area contributed by atoms with Gasteiger partial charge in [-0.2, -0.15) is 0 Å².